The third-order valence-corrected chi connectivity index (χ3v) is 2.23. The molecule has 14 heavy (non-hydrogen) atoms. The summed E-state index contributed by atoms with van der Waals surface area (Å²) in [6.45, 7) is 4.02. The van der Waals surface area contributed by atoms with Gasteiger partial charge in [-0.3, -0.25) is 0 Å². The van der Waals surface area contributed by atoms with E-state index in [9.17, 15) is 0 Å². The Hall–Kier alpha value is -0.800. The van der Waals surface area contributed by atoms with E-state index in [1.54, 1.807) is 6.20 Å². The van der Waals surface area contributed by atoms with E-state index >= 15 is 0 Å². The van der Waals surface area contributed by atoms with Crippen LogP contribution in [0.1, 0.15) is 6.92 Å². The maximum Gasteiger partial charge on any atom is 0.144 e. The maximum absolute atomic E-state index is 5.94. The van der Waals surface area contributed by atoms with Gasteiger partial charge >= 0.3 is 0 Å². The summed E-state index contributed by atoms with van der Waals surface area (Å²) < 4.78 is 0. The van der Waals surface area contributed by atoms with E-state index in [0.717, 1.165) is 18.9 Å². The number of nitrogens with zero attached hydrogens (tertiary/aromatic N) is 1. The van der Waals surface area contributed by atoms with Crippen LogP contribution in [0.25, 0.3) is 0 Å². The van der Waals surface area contributed by atoms with E-state index in [1.165, 1.54) is 0 Å². The lowest BCUT2D eigenvalue weighted by atomic mass is 10.2. The van der Waals surface area contributed by atoms with Crippen LogP contribution in [0.3, 0.4) is 0 Å². The lowest BCUT2D eigenvalue weighted by molar-refractivity contribution is 0.569. The Labute approximate surface area is 89.9 Å². The minimum absolute atomic E-state index is 0.554. The molecule has 0 radical (unpaired) electrons. The molecule has 1 heterocycles. The SMILES string of the molecule is CNCC(C)CNc1ncccc1Cl. The molecule has 1 rings (SSSR count). The van der Waals surface area contributed by atoms with Gasteiger partial charge < -0.3 is 10.6 Å². The Bertz CT molecular complexity index is 278. The van der Waals surface area contributed by atoms with E-state index < -0.39 is 0 Å². The van der Waals surface area contributed by atoms with Gasteiger partial charge in [0.25, 0.3) is 0 Å². The molecule has 0 amide bonds. The van der Waals surface area contributed by atoms with Gasteiger partial charge in [0.05, 0.1) is 5.02 Å². The molecule has 78 valence electrons. The molecule has 0 aliphatic carbocycles. The number of halogens is 1. The van der Waals surface area contributed by atoms with Crippen LogP contribution in [0.15, 0.2) is 18.3 Å². The fraction of sp³-hybridized carbons (Fsp3) is 0.500. The van der Waals surface area contributed by atoms with Crippen molar-refractivity contribution < 1.29 is 0 Å². The van der Waals surface area contributed by atoms with Crippen molar-refractivity contribution in [3.05, 3.63) is 23.4 Å². The van der Waals surface area contributed by atoms with Crippen LogP contribution in [-0.2, 0) is 0 Å². The van der Waals surface area contributed by atoms with Crippen LogP contribution in [-0.4, -0.2) is 25.1 Å². The number of anilines is 1. The zero-order valence-corrected chi connectivity index (χ0v) is 9.30. The maximum atomic E-state index is 5.94. The highest BCUT2D eigenvalue weighted by atomic mass is 35.5. The quantitative estimate of drug-likeness (QED) is 0.786. The van der Waals surface area contributed by atoms with Crippen molar-refractivity contribution in [2.24, 2.45) is 5.92 Å². The molecular formula is C10H16ClN3. The molecule has 1 atom stereocenters. The van der Waals surface area contributed by atoms with Crippen molar-refractivity contribution in [1.29, 1.82) is 0 Å². The second kappa shape index (κ2) is 5.83. The molecule has 0 fully saturated rings. The first-order chi connectivity index (χ1) is 6.74. The fourth-order valence-electron chi connectivity index (χ4n) is 1.21. The predicted octanol–water partition coefficient (Wildman–Crippen LogP) is 2.00. The Morgan fingerprint density at radius 2 is 2.29 bits per heavy atom. The zero-order chi connectivity index (χ0) is 10.4. The van der Waals surface area contributed by atoms with E-state index in [1.807, 2.05) is 19.2 Å². The van der Waals surface area contributed by atoms with Gasteiger partial charge in [-0.25, -0.2) is 4.98 Å². The van der Waals surface area contributed by atoms with Gasteiger partial charge in [-0.15, -0.1) is 0 Å². The molecule has 0 saturated heterocycles. The topological polar surface area (TPSA) is 37.0 Å². The lowest BCUT2D eigenvalue weighted by Crippen LogP contribution is -2.23. The number of hydrogen-bond acceptors (Lipinski definition) is 3. The van der Waals surface area contributed by atoms with Crippen LogP contribution in [0, 0.1) is 5.92 Å². The molecule has 2 N–H and O–H groups in total. The summed E-state index contributed by atoms with van der Waals surface area (Å²) in [5.41, 5.74) is 0. The highest BCUT2D eigenvalue weighted by molar-refractivity contribution is 6.32. The Morgan fingerprint density at radius 3 is 2.93 bits per heavy atom. The summed E-state index contributed by atoms with van der Waals surface area (Å²) in [6.07, 6.45) is 1.73. The normalized spacial score (nSPS) is 12.5. The zero-order valence-electron chi connectivity index (χ0n) is 8.55. The third-order valence-electron chi connectivity index (χ3n) is 1.93. The van der Waals surface area contributed by atoms with Crippen molar-refractivity contribution in [2.45, 2.75) is 6.92 Å². The summed E-state index contributed by atoms with van der Waals surface area (Å²) in [5, 5.41) is 7.01. The second-order valence-electron chi connectivity index (χ2n) is 3.38. The number of pyridine rings is 1. The molecule has 0 aromatic carbocycles. The Morgan fingerprint density at radius 1 is 1.50 bits per heavy atom. The van der Waals surface area contributed by atoms with Crippen molar-refractivity contribution >= 4 is 17.4 Å². The van der Waals surface area contributed by atoms with Gasteiger partial charge in [-0.1, -0.05) is 18.5 Å². The molecule has 0 aliphatic rings. The first-order valence-electron chi connectivity index (χ1n) is 4.73. The molecule has 1 aromatic rings. The van der Waals surface area contributed by atoms with E-state index in [-0.39, 0.29) is 0 Å². The molecule has 3 nitrogen and oxygen atoms in total. The first kappa shape index (κ1) is 11.3. The largest absolute Gasteiger partial charge is 0.369 e. The van der Waals surface area contributed by atoms with Crippen LogP contribution < -0.4 is 10.6 Å². The standard InChI is InChI=1S/C10H16ClN3/c1-8(6-12-2)7-14-10-9(11)4-3-5-13-10/h3-5,8,12H,6-7H2,1-2H3,(H,13,14). The highest BCUT2D eigenvalue weighted by Gasteiger charge is 2.03. The first-order valence-corrected chi connectivity index (χ1v) is 5.11. The van der Waals surface area contributed by atoms with Crippen molar-refractivity contribution in [3.63, 3.8) is 0 Å². The van der Waals surface area contributed by atoms with Crippen LogP contribution in [0.4, 0.5) is 5.82 Å². The summed E-state index contributed by atoms with van der Waals surface area (Å²) in [6, 6.07) is 3.66. The molecule has 1 aromatic heterocycles. The van der Waals surface area contributed by atoms with E-state index in [0.29, 0.717) is 10.9 Å². The number of aromatic nitrogens is 1. The van der Waals surface area contributed by atoms with Crippen LogP contribution in [0.5, 0.6) is 0 Å². The van der Waals surface area contributed by atoms with Gasteiger partial charge in [0, 0.05) is 12.7 Å². The van der Waals surface area contributed by atoms with Gasteiger partial charge in [0.2, 0.25) is 0 Å². The summed E-state index contributed by atoms with van der Waals surface area (Å²) in [5.74, 6) is 1.31. The number of nitrogens with one attached hydrogen (secondary N) is 2. The summed E-state index contributed by atoms with van der Waals surface area (Å²) >= 11 is 5.94. The van der Waals surface area contributed by atoms with Gasteiger partial charge in [-0.05, 0) is 31.6 Å². The lowest BCUT2D eigenvalue weighted by Gasteiger charge is -2.12. The molecule has 0 spiro atoms. The second-order valence-corrected chi connectivity index (χ2v) is 3.78. The van der Waals surface area contributed by atoms with Crippen LogP contribution >= 0.6 is 11.6 Å². The molecule has 0 saturated carbocycles. The minimum Gasteiger partial charge on any atom is -0.369 e. The Balaban J connectivity index is 2.41. The molecule has 0 aliphatic heterocycles. The summed E-state index contributed by atoms with van der Waals surface area (Å²) in [4.78, 5) is 4.15. The van der Waals surface area contributed by atoms with Crippen molar-refractivity contribution in [3.8, 4) is 0 Å². The smallest absolute Gasteiger partial charge is 0.144 e. The fourth-order valence-corrected chi connectivity index (χ4v) is 1.40. The van der Waals surface area contributed by atoms with Gasteiger partial charge in [-0.2, -0.15) is 0 Å². The third kappa shape index (κ3) is 3.52. The molecule has 0 bridgehead atoms. The minimum atomic E-state index is 0.554. The van der Waals surface area contributed by atoms with E-state index in [4.69, 9.17) is 11.6 Å². The van der Waals surface area contributed by atoms with Gasteiger partial charge in [0.15, 0.2) is 0 Å². The molecular weight excluding hydrogens is 198 g/mol. The highest BCUT2D eigenvalue weighted by Crippen LogP contribution is 2.17. The van der Waals surface area contributed by atoms with E-state index in [2.05, 4.69) is 22.5 Å². The van der Waals surface area contributed by atoms with Crippen molar-refractivity contribution in [2.75, 3.05) is 25.5 Å². The monoisotopic (exact) mass is 213 g/mol. The summed E-state index contributed by atoms with van der Waals surface area (Å²) in [7, 11) is 1.95. The average molecular weight is 214 g/mol. The average Bonchev–Trinajstić information content (AvgIpc) is 2.17. The van der Waals surface area contributed by atoms with Gasteiger partial charge in [0.1, 0.15) is 5.82 Å². The van der Waals surface area contributed by atoms with Crippen molar-refractivity contribution in [1.82, 2.24) is 10.3 Å². The number of hydrogen-bond donors (Lipinski definition) is 2. The number of rotatable bonds is 5. The molecule has 1 unspecified atom stereocenters. The van der Waals surface area contributed by atoms with Crippen LogP contribution in [0.2, 0.25) is 5.02 Å². The predicted molar refractivity (Wildman–Crippen MR) is 60.8 cm³/mol. The Kier molecular flexibility index (Phi) is 4.70. The molecule has 4 heteroatoms.